The van der Waals surface area contributed by atoms with Crippen LogP contribution in [0.3, 0.4) is 0 Å². The molecule has 2 fully saturated rings. The van der Waals surface area contributed by atoms with Crippen LogP contribution in [-0.4, -0.2) is 105 Å². The standard InChI is InChI=1S/C42H54F2N6O7S/c1-41(2,24-46-27-10-9-26(19-52)31(18-27)39(55)49(6)34(8-7-17-51)38(54)45-5)15-16-42(3,4)25-47-35(53)22-57-37-30(13-14-32(43)36(37)44)33-23-58-40(48-33)50-28-11-12-29(50)21-56-20-28/h9-10,13-14,17-19,23,28-29,34,46H,7-8,11-12,15-16,20-22,24-25H2,1-6H3,(H,45,54)(H,47,53). The minimum atomic E-state index is -1.18. The van der Waals surface area contributed by atoms with E-state index in [9.17, 15) is 28.4 Å². The van der Waals surface area contributed by atoms with Crippen LogP contribution in [0, 0.1) is 22.5 Å². The molecule has 2 bridgehead atoms. The van der Waals surface area contributed by atoms with E-state index in [0.29, 0.717) is 50.3 Å². The molecule has 0 spiro atoms. The second-order valence-corrected chi connectivity index (χ2v) is 17.4. The molecule has 0 aliphatic carbocycles. The second-order valence-electron chi connectivity index (χ2n) is 16.5. The molecule has 3 unspecified atom stereocenters. The first-order valence-electron chi connectivity index (χ1n) is 19.5. The number of fused-ring (bicyclic) bond motifs is 2. The lowest BCUT2D eigenvalue weighted by Gasteiger charge is -2.34. The summed E-state index contributed by atoms with van der Waals surface area (Å²) in [7, 11) is 2.92. The molecule has 3 heterocycles. The Balaban J connectivity index is 1.13. The Morgan fingerprint density at radius 1 is 1.05 bits per heavy atom. The summed E-state index contributed by atoms with van der Waals surface area (Å²) in [6, 6.07) is 6.88. The average Bonchev–Trinajstić information content (AvgIpc) is 3.79. The van der Waals surface area contributed by atoms with Gasteiger partial charge < -0.3 is 40.0 Å². The number of amides is 3. The molecule has 314 valence electrons. The number of aldehydes is 2. The molecular formula is C42H54F2N6O7S. The molecule has 13 nitrogen and oxygen atoms in total. The molecule has 2 aliphatic heterocycles. The van der Waals surface area contributed by atoms with E-state index in [4.69, 9.17) is 14.5 Å². The summed E-state index contributed by atoms with van der Waals surface area (Å²) >= 11 is 1.43. The molecule has 2 aromatic carbocycles. The molecule has 3 atom stereocenters. The molecule has 1 aromatic heterocycles. The summed E-state index contributed by atoms with van der Waals surface area (Å²) in [6.07, 6.45) is 5.02. The minimum Gasteiger partial charge on any atom is -0.480 e. The summed E-state index contributed by atoms with van der Waals surface area (Å²) in [4.78, 5) is 70.1. The van der Waals surface area contributed by atoms with Gasteiger partial charge in [0.25, 0.3) is 11.8 Å². The quantitative estimate of drug-likeness (QED) is 0.118. The lowest BCUT2D eigenvalue weighted by Crippen LogP contribution is -2.47. The number of aromatic nitrogens is 1. The molecule has 5 rings (SSSR count). The monoisotopic (exact) mass is 824 g/mol. The summed E-state index contributed by atoms with van der Waals surface area (Å²) in [5, 5.41) is 11.3. The third-order valence-corrected chi connectivity index (χ3v) is 11.8. The van der Waals surface area contributed by atoms with Crippen LogP contribution < -0.4 is 25.6 Å². The van der Waals surface area contributed by atoms with Crippen molar-refractivity contribution in [2.45, 2.75) is 84.3 Å². The van der Waals surface area contributed by atoms with Crippen LogP contribution in [0.15, 0.2) is 35.7 Å². The Morgan fingerprint density at radius 2 is 1.74 bits per heavy atom. The number of halogens is 2. The smallest absolute Gasteiger partial charge is 0.257 e. The maximum absolute atomic E-state index is 15.1. The van der Waals surface area contributed by atoms with Gasteiger partial charge in [-0.15, -0.1) is 11.3 Å². The molecule has 0 radical (unpaired) electrons. The van der Waals surface area contributed by atoms with Crippen LogP contribution in [0.4, 0.5) is 19.6 Å². The van der Waals surface area contributed by atoms with Crippen LogP contribution in [0.2, 0.25) is 0 Å². The van der Waals surface area contributed by atoms with Gasteiger partial charge in [-0.2, -0.15) is 4.39 Å². The maximum Gasteiger partial charge on any atom is 0.257 e. The van der Waals surface area contributed by atoms with Crippen molar-refractivity contribution in [2.24, 2.45) is 10.8 Å². The number of carbonyl (C=O) groups is 5. The lowest BCUT2D eigenvalue weighted by molar-refractivity contribution is -0.125. The first-order chi connectivity index (χ1) is 27.6. The number of nitrogens with one attached hydrogen (secondary N) is 3. The van der Waals surface area contributed by atoms with Gasteiger partial charge in [0.05, 0.1) is 36.6 Å². The molecule has 58 heavy (non-hydrogen) atoms. The summed E-state index contributed by atoms with van der Waals surface area (Å²) in [5.74, 6) is -4.05. The fourth-order valence-corrected chi connectivity index (χ4v) is 8.19. The van der Waals surface area contributed by atoms with Gasteiger partial charge in [0.1, 0.15) is 12.3 Å². The van der Waals surface area contributed by atoms with E-state index >= 15 is 4.39 Å². The maximum atomic E-state index is 15.1. The van der Waals surface area contributed by atoms with Gasteiger partial charge in [0.15, 0.2) is 29.6 Å². The topological polar surface area (TPSA) is 159 Å². The second kappa shape index (κ2) is 19.2. The van der Waals surface area contributed by atoms with Crippen molar-refractivity contribution in [1.29, 1.82) is 0 Å². The number of anilines is 2. The molecule has 3 aromatic rings. The van der Waals surface area contributed by atoms with E-state index in [0.717, 1.165) is 36.9 Å². The summed E-state index contributed by atoms with van der Waals surface area (Å²) in [5.41, 5.74) is 1.05. The van der Waals surface area contributed by atoms with Crippen molar-refractivity contribution in [3.63, 3.8) is 0 Å². The summed E-state index contributed by atoms with van der Waals surface area (Å²) < 4.78 is 40.9. The molecule has 2 saturated heterocycles. The first-order valence-corrected chi connectivity index (χ1v) is 20.4. The van der Waals surface area contributed by atoms with Crippen molar-refractivity contribution in [2.75, 3.05) is 57.2 Å². The van der Waals surface area contributed by atoms with Gasteiger partial charge in [-0.3, -0.25) is 19.2 Å². The largest absolute Gasteiger partial charge is 0.480 e. The van der Waals surface area contributed by atoms with E-state index in [1.807, 2.05) is 13.8 Å². The van der Waals surface area contributed by atoms with Gasteiger partial charge in [0, 0.05) is 55.8 Å². The van der Waals surface area contributed by atoms with Crippen molar-refractivity contribution < 1.29 is 42.2 Å². The van der Waals surface area contributed by atoms with Crippen molar-refractivity contribution in [3.8, 4) is 17.0 Å². The average molecular weight is 825 g/mol. The van der Waals surface area contributed by atoms with E-state index < -0.39 is 42.0 Å². The Labute approximate surface area is 342 Å². The summed E-state index contributed by atoms with van der Waals surface area (Å²) in [6.45, 7) is 9.80. The van der Waals surface area contributed by atoms with Crippen LogP contribution in [0.5, 0.6) is 5.75 Å². The van der Waals surface area contributed by atoms with Crippen LogP contribution >= 0.6 is 11.3 Å². The minimum absolute atomic E-state index is 0.0924. The van der Waals surface area contributed by atoms with Crippen LogP contribution in [-0.2, 0) is 19.1 Å². The van der Waals surface area contributed by atoms with E-state index in [1.54, 1.807) is 23.6 Å². The highest BCUT2D eigenvalue weighted by Crippen LogP contribution is 2.40. The van der Waals surface area contributed by atoms with Crippen molar-refractivity contribution in [1.82, 2.24) is 20.5 Å². The van der Waals surface area contributed by atoms with E-state index in [-0.39, 0.29) is 58.2 Å². The highest BCUT2D eigenvalue weighted by Gasteiger charge is 2.39. The predicted molar refractivity (Wildman–Crippen MR) is 218 cm³/mol. The number of hydrogen-bond donors (Lipinski definition) is 3. The van der Waals surface area contributed by atoms with Gasteiger partial charge in [-0.05, 0) is 73.3 Å². The molecule has 16 heteroatoms. The zero-order valence-corrected chi connectivity index (χ0v) is 34.8. The van der Waals surface area contributed by atoms with E-state index in [1.165, 1.54) is 36.4 Å². The van der Waals surface area contributed by atoms with Gasteiger partial charge in [0.2, 0.25) is 11.7 Å². The number of rotatable bonds is 20. The normalized spacial score (nSPS) is 17.0. The Hall–Kier alpha value is -4.96. The number of morpholine rings is 1. The third kappa shape index (κ3) is 10.7. The predicted octanol–water partition coefficient (Wildman–Crippen LogP) is 5.87. The number of thiazole rings is 1. The van der Waals surface area contributed by atoms with Gasteiger partial charge in [-0.1, -0.05) is 27.7 Å². The molecular weight excluding hydrogens is 771 g/mol. The van der Waals surface area contributed by atoms with Gasteiger partial charge in [-0.25, -0.2) is 9.37 Å². The highest BCUT2D eigenvalue weighted by atomic mass is 32.1. The highest BCUT2D eigenvalue weighted by molar-refractivity contribution is 7.14. The molecule has 0 saturated carbocycles. The van der Waals surface area contributed by atoms with Crippen molar-refractivity contribution >= 4 is 52.4 Å². The third-order valence-electron chi connectivity index (χ3n) is 10.9. The number of ether oxygens (including phenoxy) is 2. The fraction of sp³-hybridized carbons (Fsp3) is 0.524. The Bertz CT molecular complexity index is 1960. The fourth-order valence-electron chi connectivity index (χ4n) is 7.22. The first kappa shape index (κ1) is 44.1. The molecule has 3 amide bonds. The van der Waals surface area contributed by atoms with Crippen LogP contribution in [0.25, 0.3) is 11.3 Å². The number of carbonyl (C=O) groups excluding carboxylic acids is 5. The van der Waals surface area contributed by atoms with E-state index in [2.05, 4.69) is 34.7 Å². The van der Waals surface area contributed by atoms with Crippen molar-refractivity contribution in [3.05, 3.63) is 58.5 Å². The zero-order valence-electron chi connectivity index (χ0n) is 34.0. The SMILES string of the molecule is CNC(=O)C(CCC=O)N(C)C(=O)c1cc(NCC(C)(C)CCC(C)(C)CNC(=O)COc2c(-c3csc(N4C5CCC4COC5)n3)ccc(F)c2F)ccc1C=O. The molecule has 2 aliphatic rings. The number of benzene rings is 2. The van der Waals surface area contributed by atoms with Crippen LogP contribution in [0.1, 0.15) is 86.9 Å². The van der Waals surface area contributed by atoms with Gasteiger partial charge >= 0.3 is 0 Å². The Kier molecular flexibility index (Phi) is 14.6. The number of hydrogen-bond acceptors (Lipinski definition) is 11. The zero-order chi connectivity index (χ0) is 42.2. The number of likely N-dealkylation sites (N-methyl/N-ethyl adjacent to an activating group) is 2. The lowest BCUT2D eigenvalue weighted by atomic mass is 9.79. The molecule has 3 N–H and O–H groups in total. The Morgan fingerprint density at radius 3 is 2.40 bits per heavy atom. The number of nitrogens with zero attached hydrogens (tertiary/aromatic N) is 3.